The summed E-state index contributed by atoms with van der Waals surface area (Å²) in [5, 5.41) is 5.22. The van der Waals surface area contributed by atoms with E-state index in [4.69, 9.17) is 15.2 Å². The zero-order valence-electron chi connectivity index (χ0n) is 14.7. The maximum absolute atomic E-state index is 11.8. The number of nitrogens with two attached hydrogens (primary N) is 1. The summed E-state index contributed by atoms with van der Waals surface area (Å²) in [6.07, 6.45) is -0.251. The van der Waals surface area contributed by atoms with Crippen molar-refractivity contribution in [3.8, 4) is 11.5 Å². The maximum Gasteiger partial charge on any atom is 0.239 e. The van der Waals surface area contributed by atoms with Gasteiger partial charge in [0.1, 0.15) is 6.10 Å². The molecule has 134 valence electrons. The number of hydrogen-bond donors (Lipinski definition) is 3. The Bertz CT molecular complexity index is 548. The Morgan fingerprint density at radius 2 is 1.75 bits per heavy atom. The summed E-state index contributed by atoms with van der Waals surface area (Å²) < 4.78 is 10.9. The molecule has 0 spiro atoms. The van der Waals surface area contributed by atoms with Gasteiger partial charge in [0, 0.05) is 0 Å². The molecule has 24 heavy (non-hydrogen) atoms. The summed E-state index contributed by atoms with van der Waals surface area (Å²) in [7, 11) is 1.57. The Morgan fingerprint density at radius 3 is 2.33 bits per heavy atom. The molecule has 1 aromatic rings. The summed E-state index contributed by atoms with van der Waals surface area (Å²) in [4.78, 5) is 23.5. The van der Waals surface area contributed by atoms with Gasteiger partial charge in [0.15, 0.2) is 11.5 Å². The summed E-state index contributed by atoms with van der Waals surface area (Å²) >= 11 is 0. The van der Waals surface area contributed by atoms with Crippen LogP contribution >= 0.6 is 0 Å². The number of ether oxygens (including phenoxy) is 2. The minimum Gasteiger partial charge on any atom is -0.493 e. The highest BCUT2D eigenvalue weighted by Gasteiger charge is 2.17. The second kappa shape index (κ2) is 9.77. The molecule has 0 aliphatic heterocycles. The third-order valence-electron chi connectivity index (χ3n) is 3.43. The van der Waals surface area contributed by atoms with Crippen molar-refractivity contribution in [3.05, 3.63) is 24.3 Å². The first-order valence-corrected chi connectivity index (χ1v) is 7.94. The van der Waals surface area contributed by atoms with Gasteiger partial charge in [0.2, 0.25) is 11.8 Å². The molecule has 0 saturated carbocycles. The third kappa shape index (κ3) is 6.45. The number of carbonyl (C=O) groups is 2. The number of amides is 2. The van der Waals surface area contributed by atoms with Gasteiger partial charge in [0.05, 0.1) is 26.2 Å². The van der Waals surface area contributed by atoms with Crippen LogP contribution in [0.15, 0.2) is 24.3 Å². The minimum atomic E-state index is -0.620. The molecule has 0 radical (unpaired) electrons. The first-order valence-electron chi connectivity index (χ1n) is 7.94. The predicted octanol–water partition coefficient (Wildman–Crippen LogP) is 0.678. The Hall–Kier alpha value is -2.28. The Balaban J connectivity index is 2.35. The van der Waals surface area contributed by atoms with Crippen molar-refractivity contribution in [3.63, 3.8) is 0 Å². The third-order valence-corrected chi connectivity index (χ3v) is 3.43. The van der Waals surface area contributed by atoms with Gasteiger partial charge in [-0.05, 0) is 25.0 Å². The molecule has 7 heteroatoms. The van der Waals surface area contributed by atoms with E-state index in [1.54, 1.807) is 19.2 Å². The highest BCUT2D eigenvalue weighted by atomic mass is 16.5. The molecule has 7 nitrogen and oxygen atoms in total. The van der Waals surface area contributed by atoms with Gasteiger partial charge in [-0.1, -0.05) is 26.0 Å². The van der Waals surface area contributed by atoms with Crippen molar-refractivity contribution in [2.45, 2.75) is 32.9 Å². The van der Waals surface area contributed by atoms with E-state index in [0.29, 0.717) is 18.0 Å². The molecule has 2 atom stereocenters. The first kappa shape index (κ1) is 19.8. The lowest BCUT2D eigenvalue weighted by atomic mass is 10.1. The van der Waals surface area contributed by atoms with Crippen LogP contribution in [0.25, 0.3) is 0 Å². The molecule has 0 saturated heterocycles. The summed E-state index contributed by atoms with van der Waals surface area (Å²) in [6, 6.07) is 6.67. The maximum atomic E-state index is 11.8. The molecule has 0 fully saturated rings. The lowest BCUT2D eigenvalue weighted by molar-refractivity contribution is -0.127. The molecule has 1 aromatic carbocycles. The van der Waals surface area contributed by atoms with Crippen molar-refractivity contribution in [2.24, 2.45) is 11.7 Å². The molecule has 0 bridgehead atoms. The first-order chi connectivity index (χ1) is 11.3. The van der Waals surface area contributed by atoms with Crippen LogP contribution in [0, 0.1) is 5.92 Å². The number of carbonyl (C=O) groups excluding carboxylic acids is 2. The van der Waals surface area contributed by atoms with E-state index in [1.165, 1.54) is 0 Å². The SMILES string of the molecule is COc1ccccc1OC(C)CNC(=O)CNC(=O)[C@@H](N)C(C)C. The molecular weight excluding hydrogens is 310 g/mol. The summed E-state index contributed by atoms with van der Waals surface area (Å²) in [5.74, 6) is 0.624. The molecule has 0 heterocycles. The Kier molecular flexibility index (Phi) is 8.05. The van der Waals surface area contributed by atoms with Crippen LogP contribution in [0.4, 0.5) is 0 Å². The number of methoxy groups -OCH3 is 1. The monoisotopic (exact) mass is 337 g/mol. The normalized spacial score (nSPS) is 13.1. The van der Waals surface area contributed by atoms with Gasteiger partial charge in [-0.2, -0.15) is 0 Å². The lowest BCUT2D eigenvalue weighted by Crippen LogP contribution is -2.47. The molecule has 0 aliphatic carbocycles. The molecule has 0 aromatic heterocycles. The van der Waals surface area contributed by atoms with Crippen LogP contribution in [0.3, 0.4) is 0 Å². The van der Waals surface area contributed by atoms with Crippen LogP contribution in [0.2, 0.25) is 0 Å². The number of benzene rings is 1. The van der Waals surface area contributed by atoms with Crippen molar-refractivity contribution in [1.82, 2.24) is 10.6 Å². The van der Waals surface area contributed by atoms with Crippen LogP contribution in [0.5, 0.6) is 11.5 Å². The fourth-order valence-corrected chi connectivity index (χ4v) is 1.88. The zero-order chi connectivity index (χ0) is 18.1. The predicted molar refractivity (Wildman–Crippen MR) is 91.9 cm³/mol. The van der Waals surface area contributed by atoms with E-state index < -0.39 is 6.04 Å². The molecule has 4 N–H and O–H groups in total. The topological polar surface area (TPSA) is 103 Å². The van der Waals surface area contributed by atoms with Crippen LogP contribution in [-0.4, -0.2) is 44.2 Å². The molecular formula is C17H27N3O4. The Labute approximate surface area is 142 Å². The van der Waals surface area contributed by atoms with Crippen molar-refractivity contribution < 1.29 is 19.1 Å². The molecule has 0 aliphatic rings. The summed E-state index contributed by atoms with van der Waals surface area (Å²) in [6.45, 7) is 5.73. The van der Waals surface area contributed by atoms with Gasteiger partial charge >= 0.3 is 0 Å². The average molecular weight is 337 g/mol. The van der Waals surface area contributed by atoms with E-state index in [-0.39, 0.29) is 30.4 Å². The minimum absolute atomic E-state index is 0.0161. The van der Waals surface area contributed by atoms with Gasteiger partial charge in [-0.3, -0.25) is 9.59 Å². The largest absolute Gasteiger partial charge is 0.493 e. The molecule has 1 unspecified atom stereocenters. The summed E-state index contributed by atoms with van der Waals surface area (Å²) in [5.41, 5.74) is 5.71. The highest BCUT2D eigenvalue weighted by molar-refractivity contribution is 5.87. The van der Waals surface area contributed by atoms with E-state index in [2.05, 4.69) is 10.6 Å². The van der Waals surface area contributed by atoms with Crippen molar-refractivity contribution >= 4 is 11.8 Å². The van der Waals surface area contributed by atoms with E-state index in [1.807, 2.05) is 32.9 Å². The van der Waals surface area contributed by atoms with Gasteiger partial charge in [0.25, 0.3) is 0 Å². The van der Waals surface area contributed by atoms with Crippen molar-refractivity contribution in [1.29, 1.82) is 0 Å². The van der Waals surface area contributed by atoms with E-state index >= 15 is 0 Å². The van der Waals surface area contributed by atoms with E-state index in [9.17, 15) is 9.59 Å². The van der Waals surface area contributed by atoms with Crippen LogP contribution < -0.4 is 25.8 Å². The Morgan fingerprint density at radius 1 is 1.12 bits per heavy atom. The second-order valence-electron chi connectivity index (χ2n) is 5.87. The lowest BCUT2D eigenvalue weighted by Gasteiger charge is -2.18. The second-order valence-corrected chi connectivity index (χ2v) is 5.87. The van der Waals surface area contributed by atoms with Gasteiger partial charge in [-0.25, -0.2) is 0 Å². The standard InChI is InChI=1S/C17H27N3O4/c1-11(2)16(18)17(22)20-10-15(21)19-9-12(3)24-14-8-6-5-7-13(14)23-4/h5-8,11-12,16H,9-10,18H2,1-4H3,(H,19,21)(H,20,22)/t12?,16-/m0/s1. The highest BCUT2D eigenvalue weighted by Crippen LogP contribution is 2.26. The zero-order valence-corrected chi connectivity index (χ0v) is 14.7. The average Bonchev–Trinajstić information content (AvgIpc) is 2.57. The smallest absolute Gasteiger partial charge is 0.239 e. The fourth-order valence-electron chi connectivity index (χ4n) is 1.88. The van der Waals surface area contributed by atoms with Crippen molar-refractivity contribution in [2.75, 3.05) is 20.2 Å². The van der Waals surface area contributed by atoms with Crippen LogP contribution in [0.1, 0.15) is 20.8 Å². The van der Waals surface area contributed by atoms with E-state index in [0.717, 1.165) is 0 Å². The quantitative estimate of drug-likeness (QED) is 0.615. The number of rotatable bonds is 9. The molecule has 2 amide bonds. The molecule has 1 rings (SSSR count). The van der Waals surface area contributed by atoms with Crippen LogP contribution in [-0.2, 0) is 9.59 Å². The number of para-hydroxylation sites is 2. The van der Waals surface area contributed by atoms with Gasteiger partial charge in [-0.15, -0.1) is 0 Å². The van der Waals surface area contributed by atoms with Gasteiger partial charge < -0.3 is 25.8 Å². The number of nitrogens with one attached hydrogen (secondary N) is 2. The fraction of sp³-hybridized carbons (Fsp3) is 0.529. The number of hydrogen-bond acceptors (Lipinski definition) is 5.